The van der Waals surface area contributed by atoms with Crippen LogP contribution in [0.4, 0.5) is 5.95 Å². The third-order valence-corrected chi connectivity index (χ3v) is 1.94. The second kappa shape index (κ2) is 3.97. The Balaban J connectivity index is 2.22. The summed E-state index contributed by atoms with van der Waals surface area (Å²) in [4.78, 5) is 19.3. The largest absolute Gasteiger partial charge is 0.505 e. The molecule has 0 bridgehead atoms. The van der Waals surface area contributed by atoms with Gasteiger partial charge in [0.25, 0.3) is 5.91 Å². The molecule has 0 unspecified atom stereocenters. The maximum absolute atomic E-state index is 11.7. The van der Waals surface area contributed by atoms with Gasteiger partial charge in [-0.25, -0.2) is 9.67 Å². The molecule has 2 aromatic heterocycles. The molecule has 16 heavy (non-hydrogen) atoms. The monoisotopic (exact) mass is 219 g/mol. The molecule has 2 N–H and O–H groups in total. The van der Waals surface area contributed by atoms with Gasteiger partial charge in [0.15, 0.2) is 5.69 Å². The third kappa shape index (κ3) is 1.83. The predicted molar refractivity (Wildman–Crippen MR) is 54.9 cm³/mol. The molecule has 2 heterocycles. The van der Waals surface area contributed by atoms with Crippen LogP contribution in [0.25, 0.3) is 0 Å². The van der Waals surface area contributed by atoms with Crippen molar-refractivity contribution in [1.29, 1.82) is 0 Å². The quantitative estimate of drug-likeness (QED) is 0.750. The number of aromatic nitrogens is 4. The van der Waals surface area contributed by atoms with Crippen molar-refractivity contribution in [3.8, 4) is 5.75 Å². The lowest BCUT2D eigenvalue weighted by molar-refractivity contribution is 0.101. The Kier molecular flexibility index (Phi) is 2.50. The number of carbonyl (C=O) groups excluding carboxylic acids is 1. The zero-order chi connectivity index (χ0) is 11.5. The molecule has 0 saturated carbocycles. The molecule has 0 atom stereocenters. The molecule has 7 nitrogen and oxygen atoms in total. The Morgan fingerprint density at radius 3 is 2.94 bits per heavy atom. The van der Waals surface area contributed by atoms with Crippen LogP contribution < -0.4 is 5.32 Å². The van der Waals surface area contributed by atoms with Gasteiger partial charge in [-0.05, 0) is 12.1 Å². The lowest BCUT2D eigenvalue weighted by atomic mass is 10.3. The summed E-state index contributed by atoms with van der Waals surface area (Å²) in [5.41, 5.74) is -0.0505. The molecule has 0 aliphatic carbocycles. The summed E-state index contributed by atoms with van der Waals surface area (Å²) in [5, 5.41) is 15.7. The Morgan fingerprint density at radius 1 is 1.50 bits per heavy atom. The van der Waals surface area contributed by atoms with E-state index in [-0.39, 0.29) is 17.4 Å². The van der Waals surface area contributed by atoms with Crippen LogP contribution in [-0.4, -0.2) is 30.8 Å². The number of hydrogen-bond donors (Lipinski definition) is 2. The van der Waals surface area contributed by atoms with E-state index in [9.17, 15) is 9.90 Å². The Labute approximate surface area is 90.8 Å². The highest BCUT2D eigenvalue weighted by Crippen LogP contribution is 2.13. The van der Waals surface area contributed by atoms with Crippen molar-refractivity contribution in [2.24, 2.45) is 7.05 Å². The highest BCUT2D eigenvalue weighted by molar-refractivity contribution is 6.03. The lowest BCUT2D eigenvalue weighted by Gasteiger charge is -2.04. The molecule has 0 aliphatic heterocycles. The molecule has 7 heteroatoms. The minimum absolute atomic E-state index is 0.0505. The van der Waals surface area contributed by atoms with Crippen molar-refractivity contribution in [3.05, 3.63) is 30.4 Å². The predicted octanol–water partition coefficient (Wildman–Crippen LogP) is 0.168. The maximum atomic E-state index is 11.7. The Morgan fingerprint density at radius 2 is 2.31 bits per heavy atom. The van der Waals surface area contributed by atoms with Crippen LogP contribution in [0.2, 0.25) is 0 Å². The van der Waals surface area contributed by atoms with E-state index in [1.807, 2.05) is 0 Å². The van der Waals surface area contributed by atoms with Crippen LogP contribution in [-0.2, 0) is 7.05 Å². The van der Waals surface area contributed by atoms with E-state index < -0.39 is 5.91 Å². The minimum atomic E-state index is -0.533. The van der Waals surface area contributed by atoms with E-state index in [1.54, 1.807) is 7.05 Å². The molecule has 2 aromatic rings. The lowest BCUT2D eigenvalue weighted by Crippen LogP contribution is -2.16. The molecule has 0 saturated heterocycles. The number of anilines is 1. The third-order valence-electron chi connectivity index (χ3n) is 1.94. The molecule has 2 rings (SSSR count). The molecule has 82 valence electrons. The molecular weight excluding hydrogens is 210 g/mol. The smallest absolute Gasteiger partial charge is 0.280 e. The van der Waals surface area contributed by atoms with Crippen LogP contribution in [0.1, 0.15) is 10.5 Å². The highest BCUT2D eigenvalue weighted by Gasteiger charge is 2.14. The second-order valence-electron chi connectivity index (χ2n) is 3.03. The summed E-state index contributed by atoms with van der Waals surface area (Å²) in [6.45, 7) is 0. The molecule has 0 aromatic carbocycles. The van der Waals surface area contributed by atoms with E-state index in [0.717, 1.165) is 0 Å². The van der Waals surface area contributed by atoms with Gasteiger partial charge in [0, 0.05) is 13.2 Å². The van der Waals surface area contributed by atoms with Crippen molar-refractivity contribution in [3.63, 3.8) is 0 Å². The first-order chi connectivity index (χ1) is 7.68. The summed E-state index contributed by atoms with van der Waals surface area (Å²) in [6.07, 6.45) is 2.74. The summed E-state index contributed by atoms with van der Waals surface area (Å²) in [6, 6.07) is 2.92. The van der Waals surface area contributed by atoms with Gasteiger partial charge in [0.2, 0.25) is 5.95 Å². The van der Waals surface area contributed by atoms with Gasteiger partial charge < -0.3 is 5.11 Å². The van der Waals surface area contributed by atoms with Crippen molar-refractivity contribution in [1.82, 2.24) is 19.7 Å². The van der Waals surface area contributed by atoms with E-state index in [0.29, 0.717) is 0 Å². The van der Waals surface area contributed by atoms with Gasteiger partial charge in [-0.1, -0.05) is 0 Å². The first-order valence-corrected chi connectivity index (χ1v) is 4.48. The summed E-state index contributed by atoms with van der Waals surface area (Å²) >= 11 is 0. The molecular formula is C9H9N5O2. The van der Waals surface area contributed by atoms with E-state index in [4.69, 9.17) is 0 Å². The van der Waals surface area contributed by atoms with Crippen molar-refractivity contribution < 1.29 is 9.90 Å². The van der Waals surface area contributed by atoms with Crippen molar-refractivity contribution >= 4 is 11.9 Å². The number of pyridine rings is 1. The first kappa shape index (κ1) is 10.1. The molecule has 0 fully saturated rings. The number of nitrogens with zero attached hydrogens (tertiary/aromatic N) is 4. The van der Waals surface area contributed by atoms with E-state index in [2.05, 4.69) is 20.4 Å². The zero-order valence-corrected chi connectivity index (χ0v) is 8.45. The normalized spacial score (nSPS) is 10.1. The number of hydrogen-bond acceptors (Lipinski definition) is 5. The molecule has 0 spiro atoms. The van der Waals surface area contributed by atoms with Gasteiger partial charge in [0.05, 0.1) is 0 Å². The number of nitrogens with one attached hydrogen (secondary N) is 1. The fourth-order valence-corrected chi connectivity index (χ4v) is 1.14. The highest BCUT2D eigenvalue weighted by atomic mass is 16.3. The average molecular weight is 219 g/mol. The maximum Gasteiger partial charge on any atom is 0.280 e. The fourth-order valence-electron chi connectivity index (χ4n) is 1.14. The number of carbonyl (C=O) groups is 1. The number of aromatic hydroxyl groups is 1. The Hall–Kier alpha value is -2.44. The van der Waals surface area contributed by atoms with Crippen LogP contribution >= 0.6 is 0 Å². The van der Waals surface area contributed by atoms with Crippen LogP contribution in [0.5, 0.6) is 5.75 Å². The molecule has 1 amide bonds. The standard InChI is InChI=1S/C9H9N5O2/c1-14-9(11-5-12-14)13-8(16)7-6(15)3-2-4-10-7/h2-5,15H,1H3,(H,11,12,13,16). The number of amides is 1. The van der Waals surface area contributed by atoms with Crippen molar-refractivity contribution in [2.45, 2.75) is 0 Å². The topological polar surface area (TPSA) is 92.9 Å². The van der Waals surface area contributed by atoms with Crippen LogP contribution in [0.3, 0.4) is 0 Å². The minimum Gasteiger partial charge on any atom is -0.505 e. The number of rotatable bonds is 2. The first-order valence-electron chi connectivity index (χ1n) is 4.48. The van der Waals surface area contributed by atoms with Crippen LogP contribution in [0.15, 0.2) is 24.7 Å². The van der Waals surface area contributed by atoms with Gasteiger partial charge >= 0.3 is 0 Å². The fraction of sp³-hybridized carbons (Fsp3) is 0.111. The zero-order valence-electron chi connectivity index (χ0n) is 8.45. The Bertz CT molecular complexity index is 522. The number of aryl methyl sites for hydroxylation is 1. The van der Waals surface area contributed by atoms with Gasteiger partial charge in [0.1, 0.15) is 12.1 Å². The van der Waals surface area contributed by atoms with Gasteiger partial charge in [-0.15, -0.1) is 0 Å². The summed E-state index contributed by atoms with van der Waals surface area (Å²) in [7, 11) is 1.64. The van der Waals surface area contributed by atoms with Gasteiger partial charge in [-0.3, -0.25) is 10.1 Å². The molecule has 0 aliphatic rings. The SMILES string of the molecule is Cn1ncnc1NC(=O)c1ncccc1O. The van der Waals surface area contributed by atoms with Crippen molar-refractivity contribution in [2.75, 3.05) is 5.32 Å². The van der Waals surface area contributed by atoms with E-state index in [1.165, 1.54) is 29.3 Å². The van der Waals surface area contributed by atoms with Gasteiger partial charge in [-0.2, -0.15) is 10.1 Å². The average Bonchev–Trinajstić information content (AvgIpc) is 2.65. The van der Waals surface area contributed by atoms with E-state index >= 15 is 0 Å². The summed E-state index contributed by atoms with van der Waals surface area (Å²) < 4.78 is 1.40. The second-order valence-corrected chi connectivity index (χ2v) is 3.03. The molecule has 0 radical (unpaired) electrons. The summed E-state index contributed by atoms with van der Waals surface area (Å²) in [5.74, 6) is -0.425. The van der Waals surface area contributed by atoms with Crippen LogP contribution in [0, 0.1) is 0 Å².